The number of likely N-dealkylation sites (N-methyl/N-ethyl adjacent to an activating group) is 1. The van der Waals surface area contributed by atoms with Crippen molar-refractivity contribution in [3.05, 3.63) is 53.6 Å². The number of benzene rings is 1. The Morgan fingerprint density at radius 1 is 1.21 bits per heavy atom. The smallest absolute Gasteiger partial charge is 0.356 e. The Morgan fingerprint density at radius 3 is 2.42 bits per heavy atom. The van der Waals surface area contributed by atoms with Gasteiger partial charge in [-0.3, -0.25) is 4.79 Å². The second-order valence-electron chi connectivity index (χ2n) is 5.37. The third-order valence-electron chi connectivity index (χ3n) is 3.78. The number of nitrogens with zero attached hydrogens (tertiary/aromatic N) is 3. The van der Waals surface area contributed by atoms with Crippen LogP contribution in [0.5, 0.6) is 5.75 Å². The number of carboxylic acid groups (broad SMARTS) is 1. The van der Waals surface area contributed by atoms with E-state index in [2.05, 4.69) is 9.97 Å². The number of ether oxygens (including phenoxy) is 1. The van der Waals surface area contributed by atoms with E-state index >= 15 is 0 Å². The fraction of sp³-hybridized carbons (Fsp3) is 0.294. The summed E-state index contributed by atoms with van der Waals surface area (Å²) in [6, 6.07) is 7.54. The predicted octanol–water partition coefficient (Wildman–Crippen LogP) is 1.89. The summed E-state index contributed by atoms with van der Waals surface area (Å²) in [4.78, 5) is 32.4. The van der Waals surface area contributed by atoms with Gasteiger partial charge in [-0.15, -0.1) is 0 Å². The summed E-state index contributed by atoms with van der Waals surface area (Å²) >= 11 is 0. The van der Waals surface area contributed by atoms with Crippen LogP contribution in [0.1, 0.15) is 33.5 Å². The monoisotopic (exact) mass is 329 g/mol. The number of aromatic carboxylic acids is 1. The molecule has 1 unspecified atom stereocenters. The summed E-state index contributed by atoms with van der Waals surface area (Å²) < 4.78 is 5.33. The van der Waals surface area contributed by atoms with Crippen molar-refractivity contribution in [2.24, 2.45) is 0 Å². The van der Waals surface area contributed by atoms with Gasteiger partial charge in [0, 0.05) is 13.1 Å². The van der Waals surface area contributed by atoms with Gasteiger partial charge in [0.15, 0.2) is 5.69 Å². The van der Waals surface area contributed by atoms with E-state index < -0.39 is 5.97 Å². The third-order valence-corrected chi connectivity index (χ3v) is 3.78. The molecule has 0 fully saturated rings. The molecule has 1 heterocycles. The van der Waals surface area contributed by atoms with E-state index in [1.165, 1.54) is 6.20 Å². The molecule has 1 aromatic carbocycles. The maximum Gasteiger partial charge on any atom is 0.356 e. The zero-order valence-electron chi connectivity index (χ0n) is 13.8. The number of amides is 1. The predicted molar refractivity (Wildman–Crippen MR) is 87.2 cm³/mol. The van der Waals surface area contributed by atoms with Crippen molar-refractivity contribution in [2.75, 3.05) is 14.2 Å². The number of carboxylic acids is 1. The fourth-order valence-electron chi connectivity index (χ4n) is 2.26. The lowest BCUT2D eigenvalue weighted by atomic mass is 10.0. The molecular weight excluding hydrogens is 310 g/mol. The van der Waals surface area contributed by atoms with Crippen LogP contribution in [0.15, 0.2) is 36.7 Å². The van der Waals surface area contributed by atoms with E-state index in [1.807, 2.05) is 31.2 Å². The molecule has 0 aliphatic heterocycles. The van der Waals surface area contributed by atoms with E-state index in [0.29, 0.717) is 6.42 Å². The molecule has 0 aliphatic carbocycles. The maximum absolute atomic E-state index is 12.5. The van der Waals surface area contributed by atoms with Crippen molar-refractivity contribution in [3.63, 3.8) is 0 Å². The first-order chi connectivity index (χ1) is 11.4. The van der Waals surface area contributed by atoms with E-state index in [4.69, 9.17) is 9.84 Å². The number of para-hydroxylation sites is 1. The van der Waals surface area contributed by atoms with Crippen LogP contribution < -0.4 is 4.74 Å². The number of carbonyl (C=O) groups is 2. The average Bonchev–Trinajstić information content (AvgIpc) is 2.60. The summed E-state index contributed by atoms with van der Waals surface area (Å²) in [7, 11) is 3.28. The van der Waals surface area contributed by atoms with E-state index in [1.54, 1.807) is 19.1 Å². The molecule has 0 spiro atoms. The molecule has 7 heteroatoms. The number of carbonyl (C=O) groups excluding carboxylic acids is 1. The van der Waals surface area contributed by atoms with Crippen LogP contribution in [0.4, 0.5) is 0 Å². The van der Waals surface area contributed by atoms with Crippen LogP contribution in [0.3, 0.4) is 0 Å². The number of methoxy groups -OCH3 is 1. The Labute approximate surface area is 139 Å². The van der Waals surface area contributed by atoms with Crippen LogP contribution in [-0.2, 0) is 6.42 Å². The Bertz CT molecular complexity index is 731. The van der Waals surface area contributed by atoms with Gasteiger partial charge in [-0.25, -0.2) is 14.8 Å². The molecule has 24 heavy (non-hydrogen) atoms. The molecule has 1 amide bonds. The SMILES string of the molecule is COc1ccccc1CC(C)N(C)C(=O)c1cnc(C(=O)O)cn1. The van der Waals surface area contributed by atoms with Crippen molar-refractivity contribution in [1.29, 1.82) is 0 Å². The first kappa shape index (κ1) is 17.4. The zero-order chi connectivity index (χ0) is 17.7. The summed E-state index contributed by atoms with van der Waals surface area (Å²) in [5.41, 5.74) is 0.908. The minimum Gasteiger partial charge on any atom is -0.496 e. The molecule has 2 rings (SSSR count). The second kappa shape index (κ2) is 7.54. The largest absolute Gasteiger partial charge is 0.496 e. The van der Waals surface area contributed by atoms with E-state index in [0.717, 1.165) is 17.5 Å². The highest BCUT2D eigenvalue weighted by atomic mass is 16.5. The van der Waals surface area contributed by atoms with Gasteiger partial charge in [0.25, 0.3) is 5.91 Å². The molecule has 0 saturated carbocycles. The molecule has 2 aromatic rings. The first-order valence-electron chi connectivity index (χ1n) is 7.38. The molecule has 1 aromatic heterocycles. The van der Waals surface area contributed by atoms with Crippen LogP contribution in [-0.4, -0.2) is 52.1 Å². The molecular formula is C17H19N3O4. The van der Waals surface area contributed by atoms with Gasteiger partial charge < -0.3 is 14.7 Å². The number of hydrogen-bond acceptors (Lipinski definition) is 5. The summed E-state index contributed by atoms with van der Waals surface area (Å²) in [6.45, 7) is 1.92. The lowest BCUT2D eigenvalue weighted by molar-refractivity contribution is 0.0684. The Morgan fingerprint density at radius 2 is 1.83 bits per heavy atom. The van der Waals surface area contributed by atoms with Gasteiger partial charge in [-0.05, 0) is 25.0 Å². The normalized spacial score (nSPS) is 11.6. The van der Waals surface area contributed by atoms with Gasteiger partial charge in [0.2, 0.25) is 0 Å². The van der Waals surface area contributed by atoms with Gasteiger partial charge >= 0.3 is 5.97 Å². The minimum atomic E-state index is -1.18. The standard InChI is InChI=1S/C17H19N3O4/c1-11(8-12-6-4-5-7-15(12)24-3)20(2)16(21)13-9-19-14(10-18-13)17(22)23/h4-7,9-11H,8H2,1-3H3,(H,22,23). The summed E-state index contributed by atoms with van der Waals surface area (Å²) in [6.07, 6.45) is 2.87. The Hall–Kier alpha value is -2.96. The van der Waals surface area contributed by atoms with Crippen LogP contribution in [0.25, 0.3) is 0 Å². The van der Waals surface area contributed by atoms with Crippen LogP contribution in [0, 0.1) is 0 Å². The second-order valence-corrected chi connectivity index (χ2v) is 5.37. The van der Waals surface area contributed by atoms with Gasteiger partial charge in [-0.2, -0.15) is 0 Å². The van der Waals surface area contributed by atoms with Crippen molar-refractivity contribution >= 4 is 11.9 Å². The van der Waals surface area contributed by atoms with Crippen LogP contribution >= 0.6 is 0 Å². The minimum absolute atomic E-state index is 0.102. The van der Waals surface area contributed by atoms with Crippen molar-refractivity contribution in [3.8, 4) is 5.75 Å². The third kappa shape index (κ3) is 3.87. The highest BCUT2D eigenvalue weighted by Gasteiger charge is 2.20. The highest BCUT2D eigenvalue weighted by molar-refractivity contribution is 5.92. The highest BCUT2D eigenvalue weighted by Crippen LogP contribution is 2.20. The number of aromatic nitrogens is 2. The average molecular weight is 329 g/mol. The molecule has 126 valence electrons. The number of hydrogen-bond donors (Lipinski definition) is 1. The lowest BCUT2D eigenvalue weighted by Gasteiger charge is -2.25. The fourth-order valence-corrected chi connectivity index (χ4v) is 2.26. The summed E-state index contributed by atoms with van der Waals surface area (Å²) in [5.74, 6) is -0.725. The molecule has 1 N–H and O–H groups in total. The van der Waals surface area contributed by atoms with Crippen molar-refractivity contribution in [1.82, 2.24) is 14.9 Å². The lowest BCUT2D eigenvalue weighted by Crippen LogP contribution is -2.37. The molecule has 0 bridgehead atoms. The maximum atomic E-state index is 12.5. The first-order valence-corrected chi connectivity index (χ1v) is 7.38. The van der Waals surface area contributed by atoms with Crippen molar-refractivity contribution in [2.45, 2.75) is 19.4 Å². The van der Waals surface area contributed by atoms with Crippen LogP contribution in [0.2, 0.25) is 0 Å². The van der Waals surface area contributed by atoms with Gasteiger partial charge in [0.05, 0.1) is 19.5 Å². The van der Waals surface area contributed by atoms with Gasteiger partial charge in [0.1, 0.15) is 11.4 Å². The molecule has 0 aliphatic rings. The quantitative estimate of drug-likeness (QED) is 0.870. The molecule has 0 saturated heterocycles. The molecule has 0 radical (unpaired) electrons. The topological polar surface area (TPSA) is 92.6 Å². The van der Waals surface area contributed by atoms with Gasteiger partial charge in [-0.1, -0.05) is 18.2 Å². The molecule has 1 atom stereocenters. The van der Waals surface area contributed by atoms with E-state index in [-0.39, 0.29) is 23.3 Å². The Kier molecular flexibility index (Phi) is 5.47. The molecule has 7 nitrogen and oxygen atoms in total. The summed E-state index contributed by atoms with van der Waals surface area (Å²) in [5, 5.41) is 8.82. The van der Waals surface area contributed by atoms with Crippen molar-refractivity contribution < 1.29 is 19.4 Å². The van der Waals surface area contributed by atoms with E-state index in [9.17, 15) is 9.59 Å². The zero-order valence-corrected chi connectivity index (χ0v) is 13.8. The Balaban J connectivity index is 2.10. The number of rotatable bonds is 6.